The van der Waals surface area contributed by atoms with E-state index in [0.717, 1.165) is 31.5 Å². The number of halogens is 2. The summed E-state index contributed by atoms with van der Waals surface area (Å²) in [5.41, 5.74) is 8.17. The number of imidazole rings is 1. The molecule has 0 atom stereocenters. The maximum absolute atomic E-state index is 15.3. The van der Waals surface area contributed by atoms with Crippen LogP contribution in [0.2, 0.25) is 0 Å². The lowest BCUT2D eigenvalue weighted by Crippen LogP contribution is -2.30. The van der Waals surface area contributed by atoms with Crippen molar-refractivity contribution in [2.75, 3.05) is 38.0 Å². The van der Waals surface area contributed by atoms with Crippen molar-refractivity contribution >= 4 is 29.0 Å². The molecule has 262 valence electrons. The van der Waals surface area contributed by atoms with Gasteiger partial charge >= 0.3 is 0 Å². The summed E-state index contributed by atoms with van der Waals surface area (Å²) in [6.45, 7) is 5.12. The Morgan fingerprint density at radius 1 is 0.920 bits per heavy atom. The predicted octanol–water partition coefficient (Wildman–Crippen LogP) is 4.52. The number of nitrogens with two attached hydrogens (primary N) is 1. The topological polar surface area (TPSA) is 173 Å². The second kappa shape index (κ2) is 17.7. The van der Waals surface area contributed by atoms with E-state index in [0.29, 0.717) is 67.3 Å². The quantitative estimate of drug-likeness (QED) is 0.0825. The molecule has 15 heteroatoms. The molecule has 0 aliphatic rings. The van der Waals surface area contributed by atoms with Crippen LogP contribution in [0.3, 0.4) is 0 Å². The second-order valence-corrected chi connectivity index (χ2v) is 11.3. The minimum atomic E-state index is -1.17. The van der Waals surface area contributed by atoms with Crippen LogP contribution in [0.1, 0.15) is 48.5 Å². The summed E-state index contributed by atoms with van der Waals surface area (Å²) in [5, 5.41) is 12.3. The minimum absolute atomic E-state index is 0.00866. The van der Waals surface area contributed by atoms with E-state index >= 15 is 8.78 Å². The summed E-state index contributed by atoms with van der Waals surface area (Å²) >= 11 is 0. The van der Waals surface area contributed by atoms with Crippen LogP contribution in [0.25, 0.3) is 16.9 Å². The number of ether oxygens (including phenoxy) is 1. The van der Waals surface area contributed by atoms with Gasteiger partial charge in [-0.1, -0.05) is 6.92 Å². The lowest BCUT2D eigenvalue weighted by molar-refractivity contribution is -0.121. The van der Waals surface area contributed by atoms with Gasteiger partial charge < -0.3 is 31.7 Å². The number of nitrogens with zero attached hydrogens (tertiary/aromatic N) is 5. The third kappa shape index (κ3) is 9.12. The summed E-state index contributed by atoms with van der Waals surface area (Å²) in [5.74, 6) is -2.34. The Hall–Kier alpha value is -5.54. The smallest absolute Gasteiger partial charge is 0.251 e. The number of fused-ring (bicyclic) bond motifs is 1. The fourth-order valence-corrected chi connectivity index (χ4v) is 5.22. The molecule has 0 fully saturated rings. The van der Waals surface area contributed by atoms with Crippen molar-refractivity contribution in [2.24, 2.45) is 5.73 Å². The van der Waals surface area contributed by atoms with E-state index in [4.69, 9.17) is 10.5 Å². The third-order valence-electron chi connectivity index (χ3n) is 7.79. The maximum Gasteiger partial charge on any atom is 0.251 e. The van der Waals surface area contributed by atoms with Crippen LogP contribution < -0.4 is 31.7 Å². The molecular weight excluding hydrogens is 646 g/mol. The van der Waals surface area contributed by atoms with E-state index in [-0.39, 0.29) is 29.0 Å². The van der Waals surface area contributed by atoms with Crippen LogP contribution in [-0.2, 0) is 11.2 Å². The van der Waals surface area contributed by atoms with Gasteiger partial charge in [0.1, 0.15) is 6.33 Å². The standard InChI is InChI=1S/C35H40F2N10O3/c1-2-23-20-24(7-8-25(23)35(49)43-16-5-15-41-29(48)6-3-13-39-14-4-12-38)46-33-34-44-21-27(47(34)19-18-42-33)26-9-10-28(32(37)31(26)36)50-30-11-17-40-22-45-30/h7-11,17-22,39H,2-6,12-16,38H2,1H3,(H,41,48)(H,42,46)(H,43,49). The van der Waals surface area contributed by atoms with E-state index in [1.165, 1.54) is 43.1 Å². The molecule has 0 saturated carbocycles. The number of hydrogen-bond acceptors (Lipinski definition) is 10. The van der Waals surface area contributed by atoms with Gasteiger partial charge in [-0.3, -0.25) is 14.0 Å². The maximum atomic E-state index is 15.3. The number of carbonyl (C=O) groups excluding carboxylic acids is 2. The molecule has 0 aliphatic heterocycles. The van der Waals surface area contributed by atoms with E-state index in [1.807, 2.05) is 13.0 Å². The van der Waals surface area contributed by atoms with Crippen molar-refractivity contribution < 1.29 is 23.1 Å². The van der Waals surface area contributed by atoms with E-state index < -0.39 is 11.6 Å². The lowest BCUT2D eigenvalue weighted by Gasteiger charge is -2.13. The van der Waals surface area contributed by atoms with Crippen LogP contribution >= 0.6 is 0 Å². The monoisotopic (exact) mass is 686 g/mol. The molecule has 5 rings (SSSR count). The molecule has 50 heavy (non-hydrogen) atoms. The van der Waals surface area contributed by atoms with E-state index in [2.05, 4.69) is 41.2 Å². The number of carbonyl (C=O) groups is 2. The van der Waals surface area contributed by atoms with Gasteiger partial charge in [-0.25, -0.2) is 24.3 Å². The Bertz CT molecular complexity index is 1910. The highest BCUT2D eigenvalue weighted by Crippen LogP contribution is 2.33. The van der Waals surface area contributed by atoms with Gasteiger partial charge in [0.15, 0.2) is 23.0 Å². The van der Waals surface area contributed by atoms with Gasteiger partial charge in [0, 0.05) is 61.0 Å². The average Bonchev–Trinajstić information content (AvgIpc) is 3.57. The Kier molecular flexibility index (Phi) is 12.7. The fourth-order valence-electron chi connectivity index (χ4n) is 5.22. The molecule has 3 aromatic heterocycles. The zero-order valence-electron chi connectivity index (χ0n) is 27.7. The van der Waals surface area contributed by atoms with Crippen LogP contribution in [0.5, 0.6) is 11.6 Å². The zero-order chi connectivity index (χ0) is 35.3. The molecule has 3 heterocycles. The van der Waals surface area contributed by atoms with Crippen molar-refractivity contribution in [3.05, 3.63) is 90.3 Å². The summed E-state index contributed by atoms with van der Waals surface area (Å²) in [7, 11) is 0. The fraction of sp³-hybridized carbons (Fsp3) is 0.314. The number of anilines is 2. The third-order valence-corrected chi connectivity index (χ3v) is 7.79. The molecule has 2 aromatic carbocycles. The zero-order valence-corrected chi connectivity index (χ0v) is 27.7. The van der Waals surface area contributed by atoms with Crippen LogP contribution in [-0.4, -0.2) is 68.9 Å². The highest BCUT2D eigenvalue weighted by atomic mass is 19.2. The molecule has 5 aromatic rings. The first-order valence-electron chi connectivity index (χ1n) is 16.5. The number of rotatable bonds is 18. The van der Waals surface area contributed by atoms with Crippen LogP contribution in [0, 0.1) is 11.6 Å². The van der Waals surface area contributed by atoms with Gasteiger partial charge in [0.05, 0.1) is 11.9 Å². The van der Waals surface area contributed by atoms with Gasteiger partial charge in [-0.15, -0.1) is 0 Å². The molecule has 0 bridgehead atoms. The summed E-state index contributed by atoms with van der Waals surface area (Å²) in [6.07, 6.45) is 10.6. The first-order chi connectivity index (χ1) is 24.4. The van der Waals surface area contributed by atoms with Crippen LogP contribution in [0.15, 0.2) is 67.5 Å². The highest BCUT2D eigenvalue weighted by molar-refractivity contribution is 5.96. The van der Waals surface area contributed by atoms with Crippen molar-refractivity contribution in [3.63, 3.8) is 0 Å². The molecule has 6 N–H and O–H groups in total. The molecule has 0 spiro atoms. The lowest BCUT2D eigenvalue weighted by atomic mass is 10.0. The Balaban J connectivity index is 1.18. The number of aromatic nitrogens is 5. The molecule has 0 saturated heterocycles. The number of benzene rings is 2. The number of nitrogens with one attached hydrogen (secondary N) is 4. The molecule has 2 amide bonds. The van der Waals surface area contributed by atoms with E-state index in [9.17, 15) is 9.59 Å². The van der Waals surface area contributed by atoms with Crippen molar-refractivity contribution in [2.45, 2.75) is 39.0 Å². The molecule has 0 radical (unpaired) electrons. The second-order valence-electron chi connectivity index (χ2n) is 11.3. The molecule has 0 aliphatic carbocycles. The summed E-state index contributed by atoms with van der Waals surface area (Å²) in [4.78, 5) is 41.5. The Morgan fingerprint density at radius 2 is 1.76 bits per heavy atom. The first kappa shape index (κ1) is 35.8. The molecule has 0 unspecified atom stereocenters. The van der Waals surface area contributed by atoms with Gasteiger partial charge in [-0.05, 0) is 81.2 Å². The first-order valence-corrected chi connectivity index (χ1v) is 16.5. The van der Waals surface area contributed by atoms with Crippen molar-refractivity contribution in [1.29, 1.82) is 0 Å². The Labute approximate surface area is 288 Å². The predicted molar refractivity (Wildman–Crippen MR) is 185 cm³/mol. The average molecular weight is 687 g/mol. The largest absolute Gasteiger partial charge is 0.436 e. The van der Waals surface area contributed by atoms with Crippen LogP contribution in [0.4, 0.5) is 20.3 Å². The number of amides is 2. The number of hydrogen-bond donors (Lipinski definition) is 5. The molecule has 13 nitrogen and oxygen atoms in total. The minimum Gasteiger partial charge on any atom is -0.436 e. The van der Waals surface area contributed by atoms with Crippen molar-refractivity contribution in [3.8, 4) is 22.9 Å². The molecular formula is C35H40F2N10O3. The van der Waals surface area contributed by atoms with Crippen molar-refractivity contribution in [1.82, 2.24) is 40.3 Å². The van der Waals surface area contributed by atoms with E-state index in [1.54, 1.807) is 22.7 Å². The Morgan fingerprint density at radius 3 is 2.56 bits per heavy atom. The summed E-state index contributed by atoms with van der Waals surface area (Å²) < 4.78 is 37.3. The summed E-state index contributed by atoms with van der Waals surface area (Å²) in [6, 6.07) is 9.53. The van der Waals surface area contributed by atoms with Gasteiger partial charge in [0.25, 0.3) is 5.91 Å². The van der Waals surface area contributed by atoms with Gasteiger partial charge in [-0.2, -0.15) is 4.39 Å². The van der Waals surface area contributed by atoms with Gasteiger partial charge in [0.2, 0.25) is 17.6 Å². The SMILES string of the molecule is CCc1cc(Nc2nccn3c(-c4ccc(Oc5ccncn5)c(F)c4F)cnc23)ccc1C(=O)NCCCNC(=O)CCCNCCCN. The normalized spacial score (nSPS) is 11.0. The number of aryl methyl sites for hydroxylation is 1. The highest BCUT2D eigenvalue weighted by Gasteiger charge is 2.20.